The van der Waals surface area contributed by atoms with Gasteiger partial charge in [-0.05, 0) is 19.4 Å². The summed E-state index contributed by atoms with van der Waals surface area (Å²) in [6.45, 7) is 0.408. The smallest absolute Gasteiger partial charge is 0.237 e. The first-order valence-electron chi connectivity index (χ1n) is 5.03. The van der Waals surface area contributed by atoms with Gasteiger partial charge in [0, 0.05) is 0 Å². The van der Waals surface area contributed by atoms with Crippen LogP contribution in [0.25, 0.3) is 0 Å². The molecule has 4 N–H and O–H groups in total. The van der Waals surface area contributed by atoms with Gasteiger partial charge in [-0.15, -0.1) is 0 Å². The number of carbonyl (C=O) groups excluding carboxylic acids is 1. The van der Waals surface area contributed by atoms with Crippen LogP contribution in [0.3, 0.4) is 0 Å². The molecule has 0 aromatic rings. The number of aliphatic hydroxyl groups is 2. The lowest BCUT2D eigenvalue weighted by atomic mass is 10.0. The first-order valence-corrected chi connectivity index (χ1v) is 5.03. The predicted octanol–water partition coefficient (Wildman–Crippen LogP) is -1.40. The number of carbonyl (C=O) groups is 1. The maximum atomic E-state index is 11.5. The minimum Gasteiger partial charge on any atom is -0.394 e. The predicted molar refractivity (Wildman–Crippen MR) is 51.7 cm³/mol. The van der Waals surface area contributed by atoms with E-state index in [1.54, 1.807) is 0 Å². The van der Waals surface area contributed by atoms with E-state index in [1.807, 2.05) is 0 Å². The van der Waals surface area contributed by atoms with Gasteiger partial charge in [-0.3, -0.25) is 4.79 Å². The number of nitrogens with one attached hydrogen (secondary N) is 2. The lowest BCUT2D eigenvalue weighted by Crippen LogP contribution is -2.51. The van der Waals surface area contributed by atoms with Crippen molar-refractivity contribution < 1.29 is 15.0 Å². The molecule has 1 aliphatic rings. The molecule has 5 nitrogen and oxygen atoms in total. The SMILES string of the molecule is O=C(NC(CO)CO)C1CCCCN1. The summed E-state index contributed by atoms with van der Waals surface area (Å²) in [5.74, 6) is -0.127. The van der Waals surface area contributed by atoms with Gasteiger partial charge in [0.05, 0.1) is 25.3 Å². The fraction of sp³-hybridized carbons (Fsp3) is 0.889. The maximum absolute atomic E-state index is 11.5. The highest BCUT2D eigenvalue weighted by Crippen LogP contribution is 2.06. The number of amides is 1. The van der Waals surface area contributed by atoms with Gasteiger partial charge in [0.1, 0.15) is 0 Å². The Balaban J connectivity index is 2.32. The molecule has 0 bridgehead atoms. The standard InChI is InChI=1S/C9H18N2O3/c12-5-7(6-13)11-9(14)8-3-1-2-4-10-8/h7-8,10,12-13H,1-6H2,(H,11,14). The second-order valence-electron chi connectivity index (χ2n) is 3.57. The van der Waals surface area contributed by atoms with Crippen LogP contribution in [0, 0.1) is 0 Å². The molecule has 5 heteroatoms. The van der Waals surface area contributed by atoms with Gasteiger partial charge in [0.15, 0.2) is 0 Å². The molecule has 1 heterocycles. The van der Waals surface area contributed by atoms with Crippen LogP contribution in [0.5, 0.6) is 0 Å². The zero-order chi connectivity index (χ0) is 10.4. The molecule has 1 amide bonds. The van der Waals surface area contributed by atoms with Crippen molar-refractivity contribution in [1.29, 1.82) is 0 Å². The molecule has 1 atom stereocenters. The normalized spacial score (nSPS) is 22.4. The molecule has 0 saturated carbocycles. The molecular weight excluding hydrogens is 184 g/mol. The molecule has 1 unspecified atom stereocenters. The van der Waals surface area contributed by atoms with E-state index in [-0.39, 0.29) is 25.2 Å². The minimum absolute atomic E-state index is 0.127. The Kier molecular flexibility index (Phi) is 4.86. The number of aliphatic hydroxyl groups excluding tert-OH is 2. The summed E-state index contributed by atoms with van der Waals surface area (Å²) in [5.41, 5.74) is 0. The van der Waals surface area contributed by atoms with E-state index < -0.39 is 6.04 Å². The van der Waals surface area contributed by atoms with Crippen molar-refractivity contribution in [3.63, 3.8) is 0 Å². The molecule has 0 aromatic heterocycles. The fourth-order valence-corrected chi connectivity index (χ4v) is 1.53. The van der Waals surface area contributed by atoms with Gasteiger partial charge in [0.2, 0.25) is 5.91 Å². The Morgan fingerprint density at radius 3 is 2.64 bits per heavy atom. The number of hydrogen-bond donors (Lipinski definition) is 4. The summed E-state index contributed by atoms with van der Waals surface area (Å²) in [6.07, 6.45) is 2.98. The Morgan fingerprint density at radius 2 is 2.14 bits per heavy atom. The third-order valence-electron chi connectivity index (χ3n) is 2.41. The minimum atomic E-state index is -0.536. The highest BCUT2D eigenvalue weighted by Gasteiger charge is 2.22. The summed E-state index contributed by atoms with van der Waals surface area (Å²) in [6, 6.07) is -0.699. The van der Waals surface area contributed by atoms with Crippen molar-refractivity contribution in [2.75, 3.05) is 19.8 Å². The number of hydrogen-bond acceptors (Lipinski definition) is 4. The van der Waals surface area contributed by atoms with Crippen LogP contribution in [0.1, 0.15) is 19.3 Å². The van der Waals surface area contributed by atoms with Crippen LogP contribution in [0.15, 0.2) is 0 Å². The van der Waals surface area contributed by atoms with E-state index in [1.165, 1.54) is 0 Å². The Bertz CT molecular complexity index is 177. The monoisotopic (exact) mass is 202 g/mol. The summed E-state index contributed by atoms with van der Waals surface area (Å²) >= 11 is 0. The van der Waals surface area contributed by atoms with Crippen molar-refractivity contribution in [2.24, 2.45) is 0 Å². The highest BCUT2D eigenvalue weighted by atomic mass is 16.3. The third-order valence-corrected chi connectivity index (χ3v) is 2.41. The zero-order valence-corrected chi connectivity index (χ0v) is 8.20. The lowest BCUT2D eigenvalue weighted by Gasteiger charge is -2.24. The molecule has 1 aliphatic heterocycles. The summed E-state index contributed by atoms with van der Waals surface area (Å²) in [4.78, 5) is 11.5. The molecule has 0 radical (unpaired) electrons. The first kappa shape index (κ1) is 11.4. The Labute approximate surface area is 83.5 Å². The second-order valence-corrected chi connectivity index (χ2v) is 3.57. The number of piperidine rings is 1. The van der Waals surface area contributed by atoms with Crippen LogP contribution in [-0.2, 0) is 4.79 Å². The molecule has 1 fully saturated rings. The van der Waals surface area contributed by atoms with Crippen molar-refractivity contribution >= 4 is 5.91 Å². The molecule has 1 saturated heterocycles. The van der Waals surface area contributed by atoms with Crippen molar-refractivity contribution in [2.45, 2.75) is 31.3 Å². The quantitative estimate of drug-likeness (QED) is 0.452. The largest absolute Gasteiger partial charge is 0.394 e. The third kappa shape index (κ3) is 3.25. The average Bonchev–Trinajstić information content (AvgIpc) is 2.26. The van der Waals surface area contributed by atoms with Crippen molar-refractivity contribution in [1.82, 2.24) is 10.6 Å². The van der Waals surface area contributed by atoms with Gasteiger partial charge in [-0.25, -0.2) is 0 Å². The first-order chi connectivity index (χ1) is 6.77. The topological polar surface area (TPSA) is 81.6 Å². The van der Waals surface area contributed by atoms with Crippen LogP contribution in [-0.4, -0.2) is 48.0 Å². The zero-order valence-electron chi connectivity index (χ0n) is 8.20. The average molecular weight is 202 g/mol. The summed E-state index contributed by atoms with van der Waals surface area (Å²) in [5, 5.41) is 23.2. The molecule has 0 aliphatic carbocycles. The van der Waals surface area contributed by atoms with Gasteiger partial charge < -0.3 is 20.8 Å². The second kappa shape index (κ2) is 5.95. The molecule has 0 spiro atoms. The van der Waals surface area contributed by atoms with Crippen LogP contribution in [0.4, 0.5) is 0 Å². The molecule has 14 heavy (non-hydrogen) atoms. The van der Waals surface area contributed by atoms with Crippen LogP contribution < -0.4 is 10.6 Å². The maximum Gasteiger partial charge on any atom is 0.237 e. The molecule has 1 rings (SSSR count). The Morgan fingerprint density at radius 1 is 1.43 bits per heavy atom. The molecular formula is C9H18N2O3. The van der Waals surface area contributed by atoms with E-state index in [9.17, 15) is 4.79 Å². The van der Waals surface area contributed by atoms with Gasteiger partial charge >= 0.3 is 0 Å². The lowest BCUT2D eigenvalue weighted by molar-refractivity contribution is -0.125. The van der Waals surface area contributed by atoms with Crippen LogP contribution >= 0.6 is 0 Å². The van der Waals surface area contributed by atoms with E-state index in [0.29, 0.717) is 0 Å². The van der Waals surface area contributed by atoms with E-state index >= 15 is 0 Å². The summed E-state index contributed by atoms with van der Waals surface area (Å²) < 4.78 is 0. The number of rotatable bonds is 4. The van der Waals surface area contributed by atoms with Crippen LogP contribution in [0.2, 0.25) is 0 Å². The van der Waals surface area contributed by atoms with Crippen molar-refractivity contribution in [3.8, 4) is 0 Å². The fourth-order valence-electron chi connectivity index (χ4n) is 1.53. The Hall–Kier alpha value is -0.650. The van der Waals surface area contributed by atoms with Gasteiger partial charge in [-0.1, -0.05) is 6.42 Å². The van der Waals surface area contributed by atoms with E-state index in [4.69, 9.17) is 10.2 Å². The summed E-state index contributed by atoms with van der Waals surface area (Å²) in [7, 11) is 0. The van der Waals surface area contributed by atoms with E-state index in [0.717, 1.165) is 25.8 Å². The van der Waals surface area contributed by atoms with Gasteiger partial charge in [0.25, 0.3) is 0 Å². The van der Waals surface area contributed by atoms with E-state index in [2.05, 4.69) is 10.6 Å². The molecule has 0 aromatic carbocycles. The highest BCUT2D eigenvalue weighted by molar-refractivity contribution is 5.82. The van der Waals surface area contributed by atoms with Gasteiger partial charge in [-0.2, -0.15) is 0 Å². The molecule has 82 valence electrons. The van der Waals surface area contributed by atoms with Crippen molar-refractivity contribution in [3.05, 3.63) is 0 Å².